The van der Waals surface area contributed by atoms with E-state index in [2.05, 4.69) is 4.72 Å². The van der Waals surface area contributed by atoms with Crippen LogP contribution >= 0.6 is 0 Å². The van der Waals surface area contributed by atoms with Crippen LogP contribution in [0.1, 0.15) is 38.5 Å². The summed E-state index contributed by atoms with van der Waals surface area (Å²) in [7, 11) is -3.51. The molecule has 5 heteroatoms. The van der Waals surface area contributed by atoms with E-state index in [0.717, 1.165) is 25.7 Å². The summed E-state index contributed by atoms with van der Waals surface area (Å²) in [5, 5.41) is 9.34. The molecule has 0 bridgehead atoms. The molecule has 0 aromatic heterocycles. The van der Waals surface area contributed by atoms with Crippen LogP contribution in [-0.4, -0.2) is 19.6 Å². The minimum Gasteiger partial charge on any atom is -0.508 e. The molecule has 0 radical (unpaired) electrons. The summed E-state index contributed by atoms with van der Waals surface area (Å²) in [6.45, 7) is 0. The molecule has 4 nitrogen and oxygen atoms in total. The van der Waals surface area contributed by atoms with Gasteiger partial charge in [0, 0.05) is 6.04 Å². The summed E-state index contributed by atoms with van der Waals surface area (Å²) in [6.07, 6.45) is 6.32. The minimum atomic E-state index is -3.51. The standard InChI is InChI=1S/C13H19NO3S/c15-12-8-5-9-13(10-12)18(16,17)14-11-6-3-1-2-4-7-11/h5,8-11,14-15H,1-4,6-7H2. The maximum absolute atomic E-state index is 12.1. The Morgan fingerprint density at radius 3 is 2.39 bits per heavy atom. The van der Waals surface area contributed by atoms with Crippen molar-refractivity contribution < 1.29 is 13.5 Å². The van der Waals surface area contributed by atoms with Crippen LogP contribution in [0, 0.1) is 0 Å². The summed E-state index contributed by atoms with van der Waals surface area (Å²) in [5.74, 6) is -0.0289. The molecular weight excluding hydrogens is 250 g/mol. The Bertz CT molecular complexity index is 491. The summed E-state index contributed by atoms with van der Waals surface area (Å²) in [4.78, 5) is 0.131. The first kappa shape index (κ1) is 13.4. The van der Waals surface area contributed by atoms with Gasteiger partial charge < -0.3 is 5.11 Å². The van der Waals surface area contributed by atoms with E-state index in [1.807, 2.05) is 0 Å². The van der Waals surface area contributed by atoms with E-state index in [9.17, 15) is 13.5 Å². The van der Waals surface area contributed by atoms with Crippen molar-refractivity contribution in [3.05, 3.63) is 24.3 Å². The second-order valence-electron chi connectivity index (χ2n) is 4.81. The minimum absolute atomic E-state index is 0.0276. The quantitative estimate of drug-likeness (QED) is 0.828. The lowest BCUT2D eigenvalue weighted by Gasteiger charge is -2.16. The van der Waals surface area contributed by atoms with Crippen LogP contribution in [0.4, 0.5) is 0 Å². The summed E-state index contributed by atoms with van der Waals surface area (Å²) < 4.78 is 27.0. The largest absolute Gasteiger partial charge is 0.508 e. The van der Waals surface area contributed by atoms with Gasteiger partial charge in [-0.2, -0.15) is 0 Å². The lowest BCUT2D eigenvalue weighted by molar-refractivity contribution is 0.472. The monoisotopic (exact) mass is 269 g/mol. The first-order chi connectivity index (χ1) is 8.58. The number of phenols is 1. The second kappa shape index (κ2) is 5.71. The van der Waals surface area contributed by atoms with Crippen molar-refractivity contribution in [3.8, 4) is 5.75 Å². The Labute approximate surface area is 108 Å². The highest BCUT2D eigenvalue weighted by Crippen LogP contribution is 2.21. The maximum Gasteiger partial charge on any atom is 0.240 e. The molecule has 2 rings (SSSR count). The molecule has 100 valence electrons. The lowest BCUT2D eigenvalue weighted by Crippen LogP contribution is -2.34. The average Bonchev–Trinajstić information content (AvgIpc) is 2.57. The van der Waals surface area contributed by atoms with Crippen LogP contribution in [0.25, 0.3) is 0 Å². The van der Waals surface area contributed by atoms with Gasteiger partial charge >= 0.3 is 0 Å². The van der Waals surface area contributed by atoms with Gasteiger partial charge in [0.2, 0.25) is 10.0 Å². The topological polar surface area (TPSA) is 66.4 Å². The number of phenolic OH excluding ortho intramolecular Hbond substituents is 1. The number of sulfonamides is 1. The van der Waals surface area contributed by atoms with Gasteiger partial charge in [-0.05, 0) is 31.0 Å². The van der Waals surface area contributed by atoms with Crippen molar-refractivity contribution in [2.24, 2.45) is 0 Å². The molecule has 18 heavy (non-hydrogen) atoms. The van der Waals surface area contributed by atoms with E-state index < -0.39 is 10.0 Å². The number of nitrogens with one attached hydrogen (secondary N) is 1. The Morgan fingerprint density at radius 2 is 1.78 bits per heavy atom. The first-order valence-corrected chi connectivity index (χ1v) is 7.87. The van der Waals surface area contributed by atoms with Crippen LogP contribution in [0.3, 0.4) is 0 Å². The normalized spacial score (nSPS) is 18.4. The molecule has 0 spiro atoms. The van der Waals surface area contributed by atoms with Crippen LogP contribution in [0.5, 0.6) is 5.75 Å². The zero-order valence-electron chi connectivity index (χ0n) is 10.3. The van der Waals surface area contributed by atoms with Gasteiger partial charge in [-0.3, -0.25) is 0 Å². The van der Waals surface area contributed by atoms with E-state index in [1.54, 1.807) is 0 Å². The molecule has 1 saturated carbocycles. The highest BCUT2D eigenvalue weighted by atomic mass is 32.2. The van der Waals surface area contributed by atoms with E-state index in [0.29, 0.717) is 0 Å². The molecule has 1 fully saturated rings. The maximum atomic E-state index is 12.1. The fourth-order valence-electron chi connectivity index (χ4n) is 2.34. The first-order valence-electron chi connectivity index (χ1n) is 6.39. The number of benzene rings is 1. The predicted molar refractivity (Wildman–Crippen MR) is 69.9 cm³/mol. The summed E-state index contributed by atoms with van der Waals surface area (Å²) in [6, 6.07) is 5.80. The number of hydrogen-bond donors (Lipinski definition) is 2. The zero-order chi connectivity index (χ0) is 13.0. The van der Waals surface area contributed by atoms with Crippen molar-refractivity contribution in [2.75, 3.05) is 0 Å². The second-order valence-corrected chi connectivity index (χ2v) is 6.52. The average molecular weight is 269 g/mol. The van der Waals surface area contributed by atoms with Gasteiger partial charge in [0.15, 0.2) is 0 Å². The molecule has 1 aromatic rings. The Kier molecular flexibility index (Phi) is 4.24. The number of rotatable bonds is 3. The van der Waals surface area contributed by atoms with Gasteiger partial charge in [-0.15, -0.1) is 0 Å². The van der Waals surface area contributed by atoms with E-state index >= 15 is 0 Å². The smallest absolute Gasteiger partial charge is 0.240 e. The van der Waals surface area contributed by atoms with Crippen LogP contribution in [-0.2, 0) is 10.0 Å². The molecule has 0 atom stereocenters. The SMILES string of the molecule is O=S(=O)(NC1CCCCCC1)c1cccc(O)c1. The fourth-order valence-corrected chi connectivity index (χ4v) is 3.68. The highest BCUT2D eigenvalue weighted by molar-refractivity contribution is 7.89. The molecule has 2 N–H and O–H groups in total. The highest BCUT2D eigenvalue weighted by Gasteiger charge is 2.21. The van der Waals surface area contributed by atoms with Crippen molar-refractivity contribution in [2.45, 2.75) is 49.5 Å². The molecular formula is C13H19NO3S. The van der Waals surface area contributed by atoms with Gasteiger partial charge in [-0.1, -0.05) is 31.7 Å². The number of aromatic hydroxyl groups is 1. The lowest BCUT2D eigenvalue weighted by atomic mass is 10.1. The Morgan fingerprint density at radius 1 is 1.11 bits per heavy atom. The van der Waals surface area contributed by atoms with Gasteiger partial charge in [-0.25, -0.2) is 13.1 Å². The molecule has 0 saturated heterocycles. The van der Waals surface area contributed by atoms with Crippen LogP contribution < -0.4 is 4.72 Å². The van der Waals surface area contributed by atoms with Crippen LogP contribution in [0.2, 0.25) is 0 Å². The Balaban J connectivity index is 2.11. The molecule has 1 aromatic carbocycles. The molecule has 0 aliphatic heterocycles. The van der Waals surface area contributed by atoms with Gasteiger partial charge in [0.25, 0.3) is 0 Å². The predicted octanol–water partition coefficient (Wildman–Crippen LogP) is 2.39. The van der Waals surface area contributed by atoms with Gasteiger partial charge in [0.1, 0.15) is 5.75 Å². The molecule has 0 unspecified atom stereocenters. The molecule has 1 aliphatic carbocycles. The third-order valence-corrected chi connectivity index (χ3v) is 4.82. The molecule has 1 aliphatic rings. The molecule has 0 heterocycles. The van der Waals surface area contributed by atoms with Gasteiger partial charge in [0.05, 0.1) is 4.90 Å². The number of hydrogen-bond acceptors (Lipinski definition) is 3. The fraction of sp³-hybridized carbons (Fsp3) is 0.538. The van der Waals surface area contributed by atoms with Crippen molar-refractivity contribution in [1.82, 2.24) is 4.72 Å². The van der Waals surface area contributed by atoms with Crippen molar-refractivity contribution in [1.29, 1.82) is 0 Å². The van der Waals surface area contributed by atoms with Crippen molar-refractivity contribution >= 4 is 10.0 Å². The Hall–Kier alpha value is -1.07. The van der Waals surface area contributed by atoms with Crippen molar-refractivity contribution in [3.63, 3.8) is 0 Å². The summed E-state index contributed by atoms with van der Waals surface area (Å²) >= 11 is 0. The summed E-state index contributed by atoms with van der Waals surface area (Å²) in [5.41, 5.74) is 0. The molecule has 0 amide bonds. The third kappa shape index (κ3) is 3.46. The third-order valence-electron chi connectivity index (χ3n) is 3.30. The van der Waals surface area contributed by atoms with E-state index in [4.69, 9.17) is 0 Å². The van der Waals surface area contributed by atoms with E-state index in [1.165, 1.54) is 37.1 Å². The van der Waals surface area contributed by atoms with E-state index in [-0.39, 0.29) is 16.7 Å². The van der Waals surface area contributed by atoms with Crippen LogP contribution in [0.15, 0.2) is 29.2 Å². The zero-order valence-corrected chi connectivity index (χ0v) is 11.1.